The number of nitrogens with two attached hydrogens (primary N) is 1. The van der Waals surface area contributed by atoms with E-state index in [1.54, 1.807) is 0 Å². The van der Waals surface area contributed by atoms with Gasteiger partial charge < -0.3 is 10.5 Å². The number of fused-ring (bicyclic) bond motifs is 1. The molecule has 2 N–H and O–H groups in total. The van der Waals surface area contributed by atoms with Gasteiger partial charge >= 0.3 is 0 Å². The van der Waals surface area contributed by atoms with Crippen LogP contribution in [0, 0.1) is 17.5 Å². The summed E-state index contributed by atoms with van der Waals surface area (Å²) >= 11 is 0. The third-order valence-corrected chi connectivity index (χ3v) is 3.78. The van der Waals surface area contributed by atoms with Crippen LogP contribution in [0.5, 0.6) is 0 Å². The summed E-state index contributed by atoms with van der Waals surface area (Å²) in [6, 6.07) is 8.71. The van der Waals surface area contributed by atoms with Gasteiger partial charge in [-0.1, -0.05) is 30.3 Å². The van der Waals surface area contributed by atoms with Gasteiger partial charge in [0, 0.05) is 5.56 Å². The van der Waals surface area contributed by atoms with E-state index in [2.05, 4.69) is 0 Å². The van der Waals surface area contributed by atoms with Gasteiger partial charge in [-0.15, -0.1) is 0 Å². The van der Waals surface area contributed by atoms with Crippen LogP contribution in [0.15, 0.2) is 36.4 Å². The molecule has 0 aromatic heterocycles. The molecule has 2 aromatic rings. The Labute approximate surface area is 120 Å². The molecule has 1 heterocycles. The van der Waals surface area contributed by atoms with Crippen LogP contribution < -0.4 is 5.73 Å². The molecule has 110 valence electrons. The summed E-state index contributed by atoms with van der Waals surface area (Å²) < 4.78 is 45.9. The fourth-order valence-electron chi connectivity index (χ4n) is 2.68. The van der Waals surface area contributed by atoms with Crippen LogP contribution in [0.3, 0.4) is 0 Å². The lowest BCUT2D eigenvalue weighted by molar-refractivity contribution is 0.0232. The van der Waals surface area contributed by atoms with Crippen LogP contribution in [0.4, 0.5) is 13.2 Å². The molecule has 0 amide bonds. The van der Waals surface area contributed by atoms with Crippen LogP contribution in [-0.4, -0.2) is 6.61 Å². The fourth-order valence-corrected chi connectivity index (χ4v) is 2.68. The molecule has 2 nitrogen and oxygen atoms in total. The Morgan fingerprint density at radius 3 is 2.62 bits per heavy atom. The van der Waals surface area contributed by atoms with Crippen molar-refractivity contribution in [3.63, 3.8) is 0 Å². The predicted molar refractivity (Wildman–Crippen MR) is 72.1 cm³/mol. The van der Waals surface area contributed by atoms with E-state index in [9.17, 15) is 13.2 Å². The number of halogens is 3. The topological polar surface area (TPSA) is 35.2 Å². The minimum absolute atomic E-state index is 0.0874. The summed E-state index contributed by atoms with van der Waals surface area (Å²) in [5.74, 6) is -3.99. The molecule has 0 radical (unpaired) electrons. The summed E-state index contributed by atoms with van der Waals surface area (Å²) in [7, 11) is 0. The Hall–Kier alpha value is -1.85. The smallest absolute Gasteiger partial charge is 0.194 e. The molecule has 21 heavy (non-hydrogen) atoms. The highest BCUT2D eigenvalue weighted by molar-refractivity contribution is 5.35. The van der Waals surface area contributed by atoms with Crippen LogP contribution in [0.2, 0.25) is 0 Å². The zero-order valence-electron chi connectivity index (χ0n) is 11.2. The van der Waals surface area contributed by atoms with Gasteiger partial charge in [0.1, 0.15) is 6.10 Å². The molecule has 2 aromatic carbocycles. The van der Waals surface area contributed by atoms with E-state index in [1.807, 2.05) is 24.3 Å². The van der Waals surface area contributed by atoms with E-state index in [0.29, 0.717) is 6.61 Å². The highest BCUT2D eigenvalue weighted by atomic mass is 19.2. The van der Waals surface area contributed by atoms with Gasteiger partial charge in [0.2, 0.25) is 0 Å². The van der Waals surface area contributed by atoms with Crippen molar-refractivity contribution in [1.82, 2.24) is 0 Å². The van der Waals surface area contributed by atoms with Crippen molar-refractivity contribution in [2.75, 3.05) is 6.61 Å². The van der Waals surface area contributed by atoms with E-state index in [4.69, 9.17) is 10.5 Å². The largest absolute Gasteiger partial charge is 0.371 e. The molecule has 0 aliphatic carbocycles. The lowest BCUT2D eigenvalue weighted by Gasteiger charge is -2.30. The van der Waals surface area contributed by atoms with Gasteiger partial charge in [-0.25, -0.2) is 13.2 Å². The maximum absolute atomic E-state index is 13.9. The van der Waals surface area contributed by atoms with Crippen molar-refractivity contribution in [2.45, 2.75) is 18.6 Å². The van der Waals surface area contributed by atoms with Crippen LogP contribution in [-0.2, 0) is 11.2 Å². The summed E-state index contributed by atoms with van der Waals surface area (Å²) in [5, 5.41) is 0. The van der Waals surface area contributed by atoms with E-state index in [1.165, 1.54) is 6.07 Å². The SMILES string of the molecule is NC(c1ccc(F)c(F)c1F)C1OCCc2ccccc21. The van der Waals surface area contributed by atoms with Crippen molar-refractivity contribution < 1.29 is 17.9 Å². The van der Waals surface area contributed by atoms with Crippen LogP contribution >= 0.6 is 0 Å². The maximum atomic E-state index is 13.9. The third kappa shape index (κ3) is 2.43. The van der Waals surface area contributed by atoms with Crippen LogP contribution in [0.25, 0.3) is 0 Å². The number of rotatable bonds is 2. The first-order valence-corrected chi connectivity index (χ1v) is 6.68. The first kappa shape index (κ1) is 14.1. The fraction of sp³-hybridized carbons (Fsp3) is 0.250. The summed E-state index contributed by atoms with van der Waals surface area (Å²) in [6.45, 7) is 0.459. The standard InChI is InChI=1S/C16H14F3NO/c17-12-6-5-11(13(18)14(12)19)15(20)16-10-4-2-1-3-9(10)7-8-21-16/h1-6,15-16H,7-8,20H2. The average Bonchev–Trinajstić information content (AvgIpc) is 2.51. The van der Waals surface area contributed by atoms with Crippen molar-refractivity contribution in [1.29, 1.82) is 0 Å². The molecular weight excluding hydrogens is 279 g/mol. The molecule has 0 spiro atoms. The minimum atomic E-state index is -1.51. The zero-order chi connectivity index (χ0) is 15.0. The molecule has 0 saturated heterocycles. The Balaban J connectivity index is 2.01. The average molecular weight is 293 g/mol. The zero-order valence-corrected chi connectivity index (χ0v) is 11.2. The minimum Gasteiger partial charge on any atom is -0.371 e. The van der Waals surface area contributed by atoms with Gasteiger partial charge in [0.05, 0.1) is 12.6 Å². The van der Waals surface area contributed by atoms with E-state index >= 15 is 0 Å². The monoisotopic (exact) mass is 293 g/mol. The molecule has 5 heteroatoms. The summed E-state index contributed by atoms with van der Waals surface area (Å²) in [5.41, 5.74) is 7.90. The quantitative estimate of drug-likeness (QED) is 0.861. The second-order valence-corrected chi connectivity index (χ2v) is 5.03. The third-order valence-electron chi connectivity index (χ3n) is 3.78. The second kappa shape index (κ2) is 5.50. The number of benzene rings is 2. The Morgan fingerprint density at radius 2 is 1.81 bits per heavy atom. The van der Waals surface area contributed by atoms with Gasteiger partial charge in [-0.05, 0) is 23.6 Å². The van der Waals surface area contributed by atoms with E-state index < -0.39 is 29.6 Å². The Morgan fingerprint density at radius 1 is 1.05 bits per heavy atom. The molecule has 2 atom stereocenters. The van der Waals surface area contributed by atoms with Crippen molar-refractivity contribution in [2.24, 2.45) is 5.73 Å². The van der Waals surface area contributed by atoms with E-state index in [0.717, 1.165) is 23.6 Å². The Kier molecular flexibility index (Phi) is 3.69. The summed E-state index contributed by atoms with van der Waals surface area (Å²) in [6.07, 6.45) is 0.175. The van der Waals surface area contributed by atoms with Crippen molar-refractivity contribution >= 4 is 0 Å². The van der Waals surface area contributed by atoms with Gasteiger partial charge in [0.15, 0.2) is 17.5 Å². The highest BCUT2D eigenvalue weighted by Crippen LogP contribution is 2.36. The molecular formula is C16H14F3NO. The van der Waals surface area contributed by atoms with E-state index in [-0.39, 0.29) is 5.56 Å². The molecule has 0 bridgehead atoms. The van der Waals surface area contributed by atoms with Gasteiger partial charge in [0.25, 0.3) is 0 Å². The lowest BCUT2D eigenvalue weighted by Crippen LogP contribution is -2.28. The first-order valence-electron chi connectivity index (χ1n) is 6.68. The first-order chi connectivity index (χ1) is 10.1. The molecule has 1 aliphatic heterocycles. The van der Waals surface area contributed by atoms with Gasteiger partial charge in [-0.2, -0.15) is 0 Å². The van der Waals surface area contributed by atoms with Crippen molar-refractivity contribution in [3.05, 3.63) is 70.5 Å². The predicted octanol–water partition coefficient (Wildman–Crippen LogP) is 3.42. The Bertz CT molecular complexity index is 675. The van der Waals surface area contributed by atoms with Crippen LogP contribution in [0.1, 0.15) is 28.8 Å². The normalized spacial score (nSPS) is 19.1. The maximum Gasteiger partial charge on any atom is 0.194 e. The molecule has 0 fully saturated rings. The molecule has 3 rings (SSSR count). The lowest BCUT2D eigenvalue weighted by atomic mass is 9.90. The number of hydrogen-bond acceptors (Lipinski definition) is 2. The molecule has 2 unspecified atom stereocenters. The second-order valence-electron chi connectivity index (χ2n) is 5.03. The summed E-state index contributed by atoms with van der Waals surface area (Å²) in [4.78, 5) is 0. The van der Waals surface area contributed by atoms with Crippen molar-refractivity contribution in [3.8, 4) is 0 Å². The van der Waals surface area contributed by atoms with Gasteiger partial charge in [-0.3, -0.25) is 0 Å². The molecule has 0 saturated carbocycles. The number of ether oxygens (including phenoxy) is 1. The molecule has 1 aliphatic rings. The highest BCUT2D eigenvalue weighted by Gasteiger charge is 2.30. The number of hydrogen-bond donors (Lipinski definition) is 1.